The van der Waals surface area contributed by atoms with Crippen LogP contribution in [0.3, 0.4) is 0 Å². The van der Waals surface area contributed by atoms with Crippen LogP contribution in [0.25, 0.3) is 11.3 Å². The molecular weight excluding hydrogens is 408 g/mol. The average molecular weight is 437 g/mol. The predicted molar refractivity (Wildman–Crippen MR) is 124 cm³/mol. The van der Waals surface area contributed by atoms with Crippen LogP contribution in [0.2, 0.25) is 0 Å². The number of ether oxygens (including phenoxy) is 2. The van der Waals surface area contributed by atoms with Crippen LogP contribution in [0.15, 0.2) is 54.6 Å². The number of aliphatic hydroxyl groups excluding tert-OH is 1. The van der Waals surface area contributed by atoms with E-state index in [1.54, 1.807) is 25.3 Å². The Morgan fingerprint density at radius 1 is 1.06 bits per heavy atom. The van der Waals surface area contributed by atoms with Gasteiger partial charge in [0.15, 0.2) is 0 Å². The Kier molecular flexibility index (Phi) is 7.62. The fourth-order valence-electron chi connectivity index (χ4n) is 3.11. The summed E-state index contributed by atoms with van der Waals surface area (Å²) in [5, 5.41) is 16.2. The first-order chi connectivity index (χ1) is 15.4. The van der Waals surface area contributed by atoms with Gasteiger partial charge in [-0.2, -0.15) is 4.98 Å². The van der Waals surface area contributed by atoms with Gasteiger partial charge in [0.2, 0.25) is 5.95 Å². The number of nitrogens with zero attached hydrogens (tertiary/aromatic N) is 2. The zero-order valence-corrected chi connectivity index (χ0v) is 18.6. The van der Waals surface area contributed by atoms with Crippen LogP contribution >= 0.6 is 0 Å². The van der Waals surface area contributed by atoms with E-state index in [1.807, 2.05) is 50.2 Å². The standard InChI is InChI=1S/C24H28N4O4/c1-15(2)20(14-29)27-24-26-18(16-8-6-5-7-9-16)13-22(28-24)25-19-12-17(23(30)32-4)10-11-21(19)31-3/h5-13,15,20,29H,14H2,1-4H3,(H2,25,26,27,28)/t20-/m0/s1. The van der Waals surface area contributed by atoms with E-state index in [2.05, 4.69) is 20.6 Å². The molecule has 1 heterocycles. The minimum atomic E-state index is -0.451. The molecule has 0 aliphatic carbocycles. The summed E-state index contributed by atoms with van der Waals surface area (Å²) in [4.78, 5) is 21.2. The number of carbonyl (C=O) groups is 1. The van der Waals surface area contributed by atoms with Crippen molar-refractivity contribution >= 4 is 23.4 Å². The molecule has 32 heavy (non-hydrogen) atoms. The molecule has 3 N–H and O–H groups in total. The Bertz CT molecular complexity index is 1060. The third-order valence-corrected chi connectivity index (χ3v) is 4.99. The molecule has 3 aromatic rings. The van der Waals surface area contributed by atoms with Crippen LogP contribution < -0.4 is 15.4 Å². The molecule has 1 atom stereocenters. The smallest absolute Gasteiger partial charge is 0.337 e. The third-order valence-electron chi connectivity index (χ3n) is 4.99. The first-order valence-electron chi connectivity index (χ1n) is 10.3. The van der Waals surface area contributed by atoms with Gasteiger partial charge in [0, 0.05) is 11.6 Å². The summed E-state index contributed by atoms with van der Waals surface area (Å²) in [7, 11) is 2.88. The number of aromatic nitrogens is 2. The van der Waals surface area contributed by atoms with E-state index in [9.17, 15) is 9.90 Å². The van der Waals surface area contributed by atoms with E-state index in [0.717, 1.165) is 5.56 Å². The van der Waals surface area contributed by atoms with Crippen molar-refractivity contribution in [1.82, 2.24) is 9.97 Å². The molecule has 0 radical (unpaired) electrons. The predicted octanol–water partition coefficient (Wildman–Crippen LogP) is 4.11. The van der Waals surface area contributed by atoms with Gasteiger partial charge < -0.3 is 25.2 Å². The molecule has 0 amide bonds. The van der Waals surface area contributed by atoms with Crippen molar-refractivity contribution in [2.75, 3.05) is 31.5 Å². The van der Waals surface area contributed by atoms with Crippen LogP contribution in [0, 0.1) is 5.92 Å². The highest BCUT2D eigenvalue weighted by Gasteiger charge is 2.16. The van der Waals surface area contributed by atoms with E-state index < -0.39 is 5.97 Å². The minimum absolute atomic E-state index is 0.0473. The lowest BCUT2D eigenvalue weighted by Gasteiger charge is -2.21. The van der Waals surface area contributed by atoms with Crippen molar-refractivity contribution in [3.63, 3.8) is 0 Å². The molecule has 0 saturated carbocycles. The van der Waals surface area contributed by atoms with Crippen LogP contribution in [0.5, 0.6) is 5.75 Å². The number of hydrogen-bond acceptors (Lipinski definition) is 8. The molecule has 0 unspecified atom stereocenters. The summed E-state index contributed by atoms with van der Waals surface area (Å²) in [6.45, 7) is 3.98. The Morgan fingerprint density at radius 3 is 2.44 bits per heavy atom. The van der Waals surface area contributed by atoms with Crippen molar-refractivity contribution in [2.45, 2.75) is 19.9 Å². The molecular formula is C24H28N4O4. The number of hydrogen-bond donors (Lipinski definition) is 3. The second-order valence-electron chi connectivity index (χ2n) is 7.54. The highest BCUT2D eigenvalue weighted by molar-refractivity contribution is 5.91. The summed E-state index contributed by atoms with van der Waals surface area (Å²) in [6.07, 6.45) is 0. The zero-order valence-electron chi connectivity index (χ0n) is 18.6. The fourth-order valence-corrected chi connectivity index (χ4v) is 3.11. The molecule has 0 aliphatic rings. The first-order valence-corrected chi connectivity index (χ1v) is 10.3. The topological polar surface area (TPSA) is 106 Å². The number of benzene rings is 2. The molecule has 1 aromatic heterocycles. The zero-order chi connectivity index (χ0) is 23.1. The number of esters is 1. The highest BCUT2D eigenvalue weighted by Crippen LogP contribution is 2.30. The van der Waals surface area contributed by atoms with Gasteiger partial charge in [-0.15, -0.1) is 0 Å². The molecule has 2 aromatic carbocycles. The Morgan fingerprint density at radius 2 is 1.81 bits per heavy atom. The van der Waals surface area contributed by atoms with Crippen LogP contribution in [-0.4, -0.2) is 47.9 Å². The van der Waals surface area contributed by atoms with Gasteiger partial charge in [0.05, 0.1) is 43.8 Å². The van der Waals surface area contributed by atoms with Gasteiger partial charge in [-0.1, -0.05) is 44.2 Å². The second-order valence-corrected chi connectivity index (χ2v) is 7.54. The molecule has 0 saturated heterocycles. The fraction of sp³-hybridized carbons (Fsp3) is 0.292. The van der Waals surface area contributed by atoms with Gasteiger partial charge in [0.25, 0.3) is 0 Å². The second kappa shape index (κ2) is 10.6. The lowest BCUT2D eigenvalue weighted by molar-refractivity contribution is 0.0600. The largest absolute Gasteiger partial charge is 0.495 e. The van der Waals surface area contributed by atoms with Crippen molar-refractivity contribution in [3.05, 3.63) is 60.2 Å². The SMILES string of the molecule is COC(=O)c1ccc(OC)c(Nc2cc(-c3ccccc3)nc(N[C@@H](CO)C(C)C)n2)c1. The number of aliphatic hydroxyl groups is 1. The van der Waals surface area contributed by atoms with Crippen molar-refractivity contribution in [3.8, 4) is 17.0 Å². The summed E-state index contributed by atoms with van der Waals surface area (Å²) in [5.74, 6) is 1.15. The third kappa shape index (κ3) is 5.53. The first kappa shape index (κ1) is 23.0. The maximum Gasteiger partial charge on any atom is 0.337 e. The lowest BCUT2D eigenvalue weighted by atomic mass is 10.1. The van der Waals surface area contributed by atoms with Gasteiger partial charge in [-0.25, -0.2) is 9.78 Å². The maximum atomic E-state index is 12.0. The molecule has 8 nitrogen and oxygen atoms in total. The molecule has 0 spiro atoms. The average Bonchev–Trinajstić information content (AvgIpc) is 2.82. The molecule has 0 bridgehead atoms. The highest BCUT2D eigenvalue weighted by atomic mass is 16.5. The van der Waals surface area contributed by atoms with E-state index in [-0.39, 0.29) is 18.6 Å². The van der Waals surface area contributed by atoms with Gasteiger partial charge in [-0.05, 0) is 24.1 Å². The number of nitrogens with one attached hydrogen (secondary N) is 2. The quantitative estimate of drug-likeness (QED) is 0.430. The normalized spacial score (nSPS) is 11.7. The summed E-state index contributed by atoms with van der Waals surface area (Å²) in [5.41, 5.74) is 2.56. The van der Waals surface area contributed by atoms with Gasteiger partial charge in [0.1, 0.15) is 11.6 Å². The molecule has 0 aliphatic heterocycles. The number of rotatable bonds is 9. The van der Waals surface area contributed by atoms with E-state index >= 15 is 0 Å². The Labute approximate surface area is 187 Å². The van der Waals surface area contributed by atoms with Gasteiger partial charge >= 0.3 is 5.97 Å². The van der Waals surface area contributed by atoms with E-state index in [4.69, 9.17) is 9.47 Å². The monoisotopic (exact) mass is 436 g/mol. The number of anilines is 3. The summed E-state index contributed by atoms with van der Waals surface area (Å²) in [6, 6.07) is 16.3. The molecule has 8 heteroatoms. The molecule has 3 rings (SSSR count). The Balaban J connectivity index is 2.03. The lowest BCUT2D eigenvalue weighted by Crippen LogP contribution is -2.30. The van der Waals surface area contributed by atoms with Crippen LogP contribution in [0.4, 0.5) is 17.5 Å². The van der Waals surface area contributed by atoms with Crippen molar-refractivity contribution < 1.29 is 19.4 Å². The number of methoxy groups -OCH3 is 2. The molecule has 0 fully saturated rings. The summed E-state index contributed by atoms with van der Waals surface area (Å²) < 4.78 is 10.3. The van der Waals surface area contributed by atoms with Crippen LogP contribution in [0.1, 0.15) is 24.2 Å². The maximum absolute atomic E-state index is 12.0. The minimum Gasteiger partial charge on any atom is -0.495 e. The van der Waals surface area contributed by atoms with Crippen LogP contribution in [-0.2, 0) is 4.74 Å². The molecule has 168 valence electrons. The van der Waals surface area contributed by atoms with Crippen molar-refractivity contribution in [2.24, 2.45) is 5.92 Å². The van der Waals surface area contributed by atoms with Gasteiger partial charge in [-0.3, -0.25) is 0 Å². The van der Waals surface area contributed by atoms with Crippen molar-refractivity contribution in [1.29, 1.82) is 0 Å². The van der Waals surface area contributed by atoms with E-state index in [0.29, 0.717) is 34.5 Å². The summed E-state index contributed by atoms with van der Waals surface area (Å²) >= 11 is 0. The van der Waals surface area contributed by atoms with E-state index in [1.165, 1.54) is 7.11 Å². The number of carbonyl (C=O) groups excluding carboxylic acids is 1. The Hall–Kier alpha value is -3.65.